The molecule has 1 aliphatic heterocycles. The van der Waals surface area contributed by atoms with Gasteiger partial charge in [0.1, 0.15) is 5.78 Å². The van der Waals surface area contributed by atoms with Crippen molar-refractivity contribution in [2.24, 2.45) is 5.92 Å². The molecule has 1 fully saturated rings. The van der Waals surface area contributed by atoms with Crippen LogP contribution in [-0.2, 0) is 16.0 Å². The van der Waals surface area contributed by atoms with E-state index in [9.17, 15) is 4.79 Å². The number of nitrogens with zero attached hydrogens (tertiary/aromatic N) is 1. The van der Waals surface area contributed by atoms with Crippen LogP contribution in [0.4, 0.5) is 0 Å². The SMILES string of the molecule is O=C(Cc1ccccn1)C1CCCOC1. The standard InChI is InChI=1S/C12H15NO2/c14-12(10-4-3-7-15-9-10)8-11-5-1-2-6-13-11/h1-2,5-6,10H,3-4,7-9H2. The summed E-state index contributed by atoms with van der Waals surface area (Å²) in [4.78, 5) is 16.0. The Bertz CT molecular complexity index is 318. The second-order valence-electron chi connectivity index (χ2n) is 3.88. The van der Waals surface area contributed by atoms with Crippen molar-refractivity contribution in [1.82, 2.24) is 4.98 Å². The van der Waals surface area contributed by atoms with Crippen molar-refractivity contribution < 1.29 is 9.53 Å². The number of carbonyl (C=O) groups is 1. The summed E-state index contributed by atoms with van der Waals surface area (Å²) in [5.74, 6) is 0.342. The number of hydrogen-bond acceptors (Lipinski definition) is 3. The molecule has 0 aliphatic carbocycles. The van der Waals surface area contributed by atoms with Crippen LogP contribution >= 0.6 is 0 Å². The Labute approximate surface area is 89.5 Å². The zero-order chi connectivity index (χ0) is 10.5. The summed E-state index contributed by atoms with van der Waals surface area (Å²) in [5, 5.41) is 0. The minimum atomic E-state index is 0.0840. The van der Waals surface area contributed by atoms with E-state index in [2.05, 4.69) is 4.98 Å². The predicted octanol–water partition coefficient (Wildman–Crippen LogP) is 1.62. The number of carbonyl (C=O) groups excluding carboxylic acids is 1. The van der Waals surface area contributed by atoms with Crippen LogP contribution < -0.4 is 0 Å². The number of Topliss-reactive ketones (excluding diaryl/α,β-unsaturated/α-hetero) is 1. The van der Waals surface area contributed by atoms with Gasteiger partial charge in [0.05, 0.1) is 6.61 Å². The molecule has 0 aromatic carbocycles. The molecule has 1 aromatic heterocycles. The zero-order valence-electron chi connectivity index (χ0n) is 8.69. The lowest BCUT2D eigenvalue weighted by atomic mass is 9.94. The van der Waals surface area contributed by atoms with Gasteiger partial charge >= 0.3 is 0 Å². The fourth-order valence-corrected chi connectivity index (χ4v) is 1.82. The minimum absolute atomic E-state index is 0.0840. The van der Waals surface area contributed by atoms with Gasteiger partial charge in [0.25, 0.3) is 0 Å². The van der Waals surface area contributed by atoms with Crippen LogP contribution in [0.1, 0.15) is 18.5 Å². The zero-order valence-corrected chi connectivity index (χ0v) is 8.69. The van der Waals surface area contributed by atoms with Crippen LogP contribution in [0.5, 0.6) is 0 Å². The number of hydrogen-bond donors (Lipinski definition) is 0. The van der Waals surface area contributed by atoms with E-state index in [1.807, 2.05) is 18.2 Å². The first-order valence-electron chi connectivity index (χ1n) is 5.36. The van der Waals surface area contributed by atoms with Crippen molar-refractivity contribution in [3.05, 3.63) is 30.1 Å². The molecule has 0 radical (unpaired) electrons. The Morgan fingerprint density at radius 1 is 1.53 bits per heavy atom. The van der Waals surface area contributed by atoms with Crippen molar-refractivity contribution in [2.45, 2.75) is 19.3 Å². The van der Waals surface area contributed by atoms with Crippen LogP contribution in [0, 0.1) is 5.92 Å². The molecule has 15 heavy (non-hydrogen) atoms. The third-order valence-corrected chi connectivity index (χ3v) is 2.70. The van der Waals surface area contributed by atoms with E-state index >= 15 is 0 Å². The number of pyridine rings is 1. The van der Waals surface area contributed by atoms with Crippen LogP contribution in [-0.4, -0.2) is 24.0 Å². The monoisotopic (exact) mass is 205 g/mol. The average Bonchev–Trinajstić information content (AvgIpc) is 2.31. The van der Waals surface area contributed by atoms with Crippen LogP contribution in [0.15, 0.2) is 24.4 Å². The first-order valence-corrected chi connectivity index (χ1v) is 5.36. The van der Waals surface area contributed by atoms with Gasteiger partial charge < -0.3 is 4.74 Å². The van der Waals surface area contributed by atoms with Gasteiger partial charge in [0, 0.05) is 30.8 Å². The molecule has 2 rings (SSSR count). The summed E-state index contributed by atoms with van der Waals surface area (Å²) >= 11 is 0. The third kappa shape index (κ3) is 2.86. The van der Waals surface area contributed by atoms with Gasteiger partial charge in [-0.1, -0.05) is 6.07 Å². The number of rotatable bonds is 3. The van der Waals surface area contributed by atoms with Crippen molar-refractivity contribution in [3.63, 3.8) is 0 Å². The molecule has 1 aliphatic rings. The quantitative estimate of drug-likeness (QED) is 0.752. The van der Waals surface area contributed by atoms with Crippen molar-refractivity contribution in [3.8, 4) is 0 Å². The first kappa shape index (κ1) is 10.3. The van der Waals surface area contributed by atoms with Crippen LogP contribution in [0.3, 0.4) is 0 Å². The summed E-state index contributed by atoms with van der Waals surface area (Å²) in [7, 11) is 0. The largest absolute Gasteiger partial charge is 0.381 e. The van der Waals surface area contributed by atoms with E-state index in [4.69, 9.17) is 4.74 Å². The Balaban J connectivity index is 1.91. The van der Waals surface area contributed by atoms with E-state index < -0.39 is 0 Å². The molecule has 0 saturated carbocycles. The molecule has 3 heteroatoms. The van der Waals surface area contributed by atoms with Gasteiger partial charge in [0.2, 0.25) is 0 Å². The third-order valence-electron chi connectivity index (χ3n) is 2.70. The fourth-order valence-electron chi connectivity index (χ4n) is 1.82. The molecular weight excluding hydrogens is 190 g/mol. The van der Waals surface area contributed by atoms with Crippen molar-refractivity contribution in [1.29, 1.82) is 0 Å². The lowest BCUT2D eigenvalue weighted by Crippen LogP contribution is -2.26. The Kier molecular flexibility index (Phi) is 3.45. The predicted molar refractivity (Wildman–Crippen MR) is 56.5 cm³/mol. The molecule has 80 valence electrons. The molecule has 0 N–H and O–H groups in total. The van der Waals surface area contributed by atoms with Crippen LogP contribution in [0.2, 0.25) is 0 Å². The molecule has 0 bridgehead atoms. The maximum Gasteiger partial charge on any atom is 0.144 e. The van der Waals surface area contributed by atoms with E-state index in [0.717, 1.165) is 25.1 Å². The van der Waals surface area contributed by atoms with E-state index in [1.165, 1.54) is 0 Å². The number of ether oxygens (including phenoxy) is 1. The molecule has 1 atom stereocenters. The molecule has 2 heterocycles. The molecular formula is C12H15NO2. The summed E-state index contributed by atoms with van der Waals surface area (Å²) in [6, 6.07) is 5.66. The average molecular weight is 205 g/mol. The summed E-state index contributed by atoms with van der Waals surface area (Å²) in [6.07, 6.45) is 4.12. The first-order chi connectivity index (χ1) is 7.36. The maximum absolute atomic E-state index is 11.8. The van der Waals surface area contributed by atoms with E-state index in [-0.39, 0.29) is 11.7 Å². The molecule has 1 saturated heterocycles. The normalized spacial score (nSPS) is 21.2. The topological polar surface area (TPSA) is 39.2 Å². The van der Waals surface area contributed by atoms with Gasteiger partial charge in [-0.25, -0.2) is 0 Å². The minimum Gasteiger partial charge on any atom is -0.381 e. The highest BCUT2D eigenvalue weighted by Gasteiger charge is 2.21. The molecule has 3 nitrogen and oxygen atoms in total. The molecule has 1 unspecified atom stereocenters. The van der Waals surface area contributed by atoms with Gasteiger partial charge in [-0.3, -0.25) is 9.78 Å². The van der Waals surface area contributed by atoms with Crippen molar-refractivity contribution >= 4 is 5.78 Å². The second kappa shape index (κ2) is 5.03. The summed E-state index contributed by atoms with van der Waals surface area (Å²) in [5.41, 5.74) is 0.855. The van der Waals surface area contributed by atoms with Crippen LogP contribution in [0.25, 0.3) is 0 Å². The smallest absolute Gasteiger partial charge is 0.144 e. The van der Waals surface area contributed by atoms with Gasteiger partial charge in [-0.05, 0) is 25.0 Å². The highest BCUT2D eigenvalue weighted by molar-refractivity contribution is 5.83. The Hall–Kier alpha value is -1.22. The fraction of sp³-hybridized carbons (Fsp3) is 0.500. The Morgan fingerprint density at radius 2 is 2.47 bits per heavy atom. The van der Waals surface area contributed by atoms with Gasteiger partial charge in [-0.2, -0.15) is 0 Å². The molecule has 0 amide bonds. The summed E-state index contributed by atoms with van der Waals surface area (Å²) < 4.78 is 5.30. The van der Waals surface area contributed by atoms with Crippen molar-refractivity contribution in [2.75, 3.05) is 13.2 Å². The highest BCUT2D eigenvalue weighted by atomic mass is 16.5. The second-order valence-corrected chi connectivity index (χ2v) is 3.88. The number of ketones is 1. The highest BCUT2D eigenvalue weighted by Crippen LogP contribution is 2.16. The number of aromatic nitrogens is 1. The lowest BCUT2D eigenvalue weighted by Gasteiger charge is -2.20. The molecule has 0 spiro atoms. The lowest BCUT2D eigenvalue weighted by molar-refractivity contribution is -0.126. The van der Waals surface area contributed by atoms with Gasteiger partial charge in [-0.15, -0.1) is 0 Å². The van der Waals surface area contributed by atoms with E-state index in [0.29, 0.717) is 13.0 Å². The molecule has 1 aromatic rings. The Morgan fingerprint density at radius 3 is 3.13 bits per heavy atom. The summed E-state index contributed by atoms with van der Waals surface area (Å²) in [6.45, 7) is 1.39. The maximum atomic E-state index is 11.8. The van der Waals surface area contributed by atoms with Gasteiger partial charge in [0.15, 0.2) is 0 Å². The van der Waals surface area contributed by atoms with E-state index in [1.54, 1.807) is 6.20 Å².